The SMILES string of the molecule is CC1(CNC(=O)N2CC(O)CC2C(=O)O)CCCC1. The molecule has 1 saturated carbocycles. The van der Waals surface area contributed by atoms with Gasteiger partial charge in [0, 0.05) is 19.5 Å². The van der Waals surface area contributed by atoms with E-state index in [9.17, 15) is 14.7 Å². The molecule has 2 rings (SSSR count). The molecule has 108 valence electrons. The number of rotatable bonds is 3. The zero-order valence-electron chi connectivity index (χ0n) is 11.3. The number of carboxylic acid groups (broad SMARTS) is 1. The molecule has 1 heterocycles. The summed E-state index contributed by atoms with van der Waals surface area (Å²) < 4.78 is 0. The molecule has 1 saturated heterocycles. The van der Waals surface area contributed by atoms with Crippen molar-refractivity contribution >= 4 is 12.0 Å². The molecule has 1 aliphatic heterocycles. The molecule has 0 bridgehead atoms. The first-order chi connectivity index (χ1) is 8.91. The maximum Gasteiger partial charge on any atom is 0.326 e. The zero-order valence-corrected chi connectivity index (χ0v) is 11.3. The molecular weight excluding hydrogens is 248 g/mol. The first kappa shape index (κ1) is 14.1. The highest BCUT2D eigenvalue weighted by Gasteiger charge is 2.39. The lowest BCUT2D eigenvalue weighted by Crippen LogP contribution is -2.48. The Kier molecular flexibility index (Phi) is 3.99. The molecule has 0 aromatic heterocycles. The summed E-state index contributed by atoms with van der Waals surface area (Å²) in [4.78, 5) is 24.3. The van der Waals surface area contributed by atoms with Crippen molar-refractivity contribution in [1.29, 1.82) is 0 Å². The first-order valence-electron chi connectivity index (χ1n) is 6.87. The topological polar surface area (TPSA) is 89.9 Å². The van der Waals surface area contributed by atoms with E-state index in [1.807, 2.05) is 0 Å². The average molecular weight is 270 g/mol. The number of β-amino-alcohol motifs (C(OH)–C–C–N with tert-alkyl or cyclic N) is 1. The van der Waals surface area contributed by atoms with E-state index < -0.39 is 18.1 Å². The summed E-state index contributed by atoms with van der Waals surface area (Å²) in [5.74, 6) is -1.06. The number of hydrogen-bond acceptors (Lipinski definition) is 3. The fourth-order valence-corrected chi connectivity index (χ4v) is 3.07. The predicted octanol–water partition coefficient (Wildman–Crippen LogP) is 0.796. The monoisotopic (exact) mass is 270 g/mol. The summed E-state index contributed by atoms with van der Waals surface area (Å²) in [7, 11) is 0. The van der Waals surface area contributed by atoms with Crippen molar-refractivity contribution in [1.82, 2.24) is 10.2 Å². The van der Waals surface area contributed by atoms with Crippen LogP contribution >= 0.6 is 0 Å². The van der Waals surface area contributed by atoms with Gasteiger partial charge in [0.25, 0.3) is 0 Å². The number of amides is 2. The highest BCUT2D eigenvalue weighted by Crippen LogP contribution is 2.36. The fraction of sp³-hybridized carbons (Fsp3) is 0.846. The van der Waals surface area contributed by atoms with Gasteiger partial charge in [-0.3, -0.25) is 0 Å². The van der Waals surface area contributed by atoms with Gasteiger partial charge in [0.2, 0.25) is 0 Å². The number of aliphatic carboxylic acids is 1. The van der Waals surface area contributed by atoms with Crippen molar-refractivity contribution in [3.05, 3.63) is 0 Å². The van der Waals surface area contributed by atoms with E-state index in [0.717, 1.165) is 12.8 Å². The van der Waals surface area contributed by atoms with Crippen LogP contribution in [0.4, 0.5) is 4.79 Å². The Hall–Kier alpha value is -1.30. The third-order valence-electron chi connectivity index (χ3n) is 4.30. The Balaban J connectivity index is 1.90. The first-order valence-corrected chi connectivity index (χ1v) is 6.87. The van der Waals surface area contributed by atoms with E-state index in [2.05, 4.69) is 12.2 Å². The van der Waals surface area contributed by atoms with E-state index in [1.54, 1.807) is 0 Å². The minimum Gasteiger partial charge on any atom is -0.480 e. The van der Waals surface area contributed by atoms with Crippen LogP contribution in [0.15, 0.2) is 0 Å². The Labute approximate surface area is 112 Å². The largest absolute Gasteiger partial charge is 0.480 e. The Bertz CT molecular complexity index is 366. The van der Waals surface area contributed by atoms with Crippen LogP contribution in [0.25, 0.3) is 0 Å². The minimum absolute atomic E-state index is 0.0967. The lowest BCUT2D eigenvalue weighted by Gasteiger charge is -2.27. The van der Waals surface area contributed by atoms with Crippen LogP contribution in [0.2, 0.25) is 0 Å². The quantitative estimate of drug-likeness (QED) is 0.707. The fourth-order valence-electron chi connectivity index (χ4n) is 3.07. The maximum absolute atomic E-state index is 12.0. The standard InChI is InChI=1S/C13H22N2O4/c1-13(4-2-3-5-13)8-14-12(19)15-7-9(16)6-10(15)11(17)18/h9-10,16H,2-8H2,1H3,(H,14,19)(H,17,18). The van der Waals surface area contributed by atoms with Gasteiger partial charge in [-0.1, -0.05) is 19.8 Å². The van der Waals surface area contributed by atoms with Crippen LogP contribution < -0.4 is 5.32 Å². The highest BCUT2D eigenvalue weighted by atomic mass is 16.4. The van der Waals surface area contributed by atoms with Crippen LogP contribution in [0, 0.1) is 5.41 Å². The molecule has 0 spiro atoms. The third kappa shape index (κ3) is 3.18. The van der Waals surface area contributed by atoms with Crippen molar-refractivity contribution < 1.29 is 19.8 Å². The second kappa shape index (κ2) is 5.36. The van der Waals surface area contributed by atoms with Gasteiger partial charge in [0.15, 0.2) is 0 Å². The van der Waals surface area contributed by atoms with Crippen molar-refractivity contribution in [2.24, 2.45) is 5.41 Å². The molecule has 1 aliphatic carbocycles. The van der Waals surface area contributed by atoms with E-state index in [0.29, 0.717) is 6.54 Å². The second-order valence-electron chi connectivity index (χ2n) is 6.07. The molecule has 2 amide bonds. The molecule has 0 aromatic carbocycles. The van der Waals surface area contributed by atoms with Crippen molar-refractivity contribution in [3.63, 3.8) is 0 Å². The highest BCUT2D eigenvalue weighted by molar-refractivity contribution is 5.83. The Morgan fingerprint density at radius 1 is 1.37 bits per heavy atom. The zero-order chi connectivity index (χ0) is 14.0. The summed E-state index contributed by atoms with van der Waals surface area (Å²) in [5, 5.41) is 21.4. The molecule has 6 heteroatoms. The molecule has 2 atom stereocenters. The van der Waals surface area contributed by atoms with Crippen LogP contribution in [-0.2, 0) is 4.79 Å². The number of carbonyl (C=O) groups is 2. The number of aliphatic hydroxyl groups is 1. The number of nitrogens with zero attached hydrogens (tertiary/aromatic N) is 1. The summed E-state index contributed by atoms with van der Waals surface area (Å²) in [6, 6.07) is -1.29. The van der Waals surface area contributed by atoms with Gasteiger partial charge in [0.05, 0.1) is 6.10 Å². The van der Waals surface area contributed by atoms with Gasteiger partial charge in [0.1, 0.15) is 6.04 Å². The lowest BCUT2D eigenvalue weighted by molar-refractivity contribution is -0.141. The summed E-state index contributed by atoms with van der Waals surface area (Å²) in [5.41, 5.74) is 0.132. The Morgan fingerprint density at radius 2 is 2.00 bits per heavy atom. The molecule has 19 heavy (non-hydrogen) atoms. The van der Waals surface area contributed by atoms with Crippen molar-refractivity contribution in [3.8, 4) is 0 Å². The number of carboxylic acids is 1. The van der Waals surface area contributed by atoms with Gasteiger partial charge in [-0.25, -0.2) is 9.59 Å². The van der Waals surface area contributed by atoms with E-state index >= 15 is 0 Å². The van der Waals surface area contributed by atoms with Crippen molar-refractivity contribution in [2.45, 2.75) is 51.2 Å². The van der Waals surface area contributed by atoms with Gasteiger partial charge in [-0.15, -0.1) is 0 Å². The summed E-state index contributed by atoms with van der Waals surface area (Å²) in [6.07, 6.45) is 3.93. The smallest absolute Gasteiger partial charge is 0.326 e. The molecule has 6 nitrogen and oxygen atoms in total. The van der Waals surface area contributed by atoms with Crippen LogP contribution in [-0.4, -0.2) is 52.3 Å². The molecule has 0 radical (unpaired) electrons. The number of hydrogen-bond donors (Lipinski definition) is 3. The predicted molar refractivity (Wildman–Crippen MR) is 68.7 cm³/mol. The molecule has 2 unspecified atom stereocenters. The third-order valence-corrected chi connectivity index (χ3v) is 4.30. The van der Waals surface area contributed by atoms with E-state index in [-0.39, 0.29) is 24.4 Å². The molecule has 2 aliphatic rings. The Morgan fingerprint density at radius 3 is 2.58 bits per heavy atom. The number of aliphatic hydroxyl groups excluding tert-OH is 1. The van der Waals surface area contributed by atoms with Crippen molar-refractivity contribution in [2.75, 3.05) is 13.1 Å². The second-order valence-corrected chi connectivity index (χ2v) is 6.07. The summed E-state index contributed by atoms with van der Waals surface area (Å²) in [6.45, 7) is 2.82. The van der Waals surface area contributed by atoms with Crippen LogP contribution in [0.1, 0.15) is 39.0 Å². The summed E-state index contributed by atoms with van der Waals surface area (Å²) >= 11 is 0. The van der Waals surface area contributed by atoms with Crippen LogP contribution in [0.3, 0.4) is 0 Å². The van der Waals surface area contributed by atoms with E-state index in [4.69, 9.17) is 5.11 Å². The van der Waals surface area contributed by atoms with Gasteiger partial charge >= 0.3 is 12.0 Å². The number of likely N-dealkylation sites (tertiary alicyclic amines) is 1. The maximum atomic E-state index is 12.0. The molecular formula is C13H22N2O4. The minimum atomic E-state index is -1.06. The lowest BCUT2D eigenvalue weighted by atomic mass is 9.89. The number of urea groups is 1. The van der Waals surface area contributed by atoms with Gasteiger partial charge in [-0.05, 0) is 18.3 Å². The van der Waals surface area contributed by atoms with E-state index in [1.165, 1.54) is 17.7 Å². The normalized spacial score (nSPS) is 29.5. The van der Waals surface area contributed by atoms with Gasteiger partial charge in [-0.2, -0.15) is 0 Å². The average Bonchev–Trinajstić information content (AvgIpc) is 2.93. The number of carbonyl (C=O) groups excluding carboxylic acids is 1. The van der Waals surface area contributed by atoms with Gasteiger partial charge < -0.3 is 20.4 Å². The molecule has 0 aromatic rings. The number of nitrogens with one attached hydrogen (secondary N) is 1. The van der Waals surface area contributed by atoms with Crippen LogP contribution in [0.5, 0.6) is 0 Å². The molecule has 3 N–H and O–H groups in total. The molecule has 2 fully saturated rings.